The molecule has 1 fully saturated rings. The second-order valence-corrected chi connectivity index (χ2v) is 6.78. The number of nitrogens with one attached hydrogen (secondary N) is 1. The van der Waals surface area contributed by atoms with E-state index in [1.807, 2.05) is 29.4 Å². The fourth-order valence-corrected chi connectivity index (χ4v) is 4.03. The molecule has 1 aromatic carbocycles. The number of H-pyrrole nitrogens is 1. The maximum absolute atomic E-state index is 5.22. The van der Waals surface area contributed by atoms with Crippen LogP contribution >= 0.6 is 39.9 Å². The number of hydrogen-bond acceptors (Lipinski definition) is 3. The van der Waals surface area contributed by atoms with Gasteiger partial charge in [0.2, 0.25) is 0 Å². The van der Waals surface area contributed by atoms with E-state index in [4.69, 9.17) is 12.2 Å². The van der Waals surface area contributed by atoms with E-state index in [1.54, 1.807) is 0 Å². The third kappa shape index (κ3) is 1.78. The highest BCUT2D eigenvalue weighted by atomic mass is 79.9. The highest BCUT2D eigenvalue weighted by Crippen LogP contribution is 2.45. The minimum Gasteiger partial charge on any atom is -0.306 e. The van der Waals surface area contributed by atoms with Gasteiger partial charge in [-0.05, 0) is 29.9 Å². The third-order valence-corrected chi connectivity index (χ3v) is 5.63. The molecule has 0 bridgehead atoms. The zero-order chi connectivity index (χ0) is 12.8. The largest absolute Gasteiger partial charge is 0.306 e. The van der Waals surface area contributed by atoms with Crippen LogP contribution in [0.25, 0.3) is 0 Å². The van der Waals surface area contributed by atoms with E-state index in [9.17, 15) is 0 Å². The molecule has 1 aromatic heterocycles. The molecule has 2 heterocycles. The first-order valence-electron chi connectivity index (χ1n) is 5.59. The van der Waals surface area contributed by atoms with Crippen LogP contribution in [0.5, 0.6) is 0 Å². The van der Waals surface area contributed by atoms with E-state index in [-0.39, 0.29) is 5.41 Å². The first-order chi connectivity index (χ1) is 8.63. The van der Waals surface area contributed by atoms with Crippen LogP contribution < -0.4 is 0 Å². The van der Waals surface area contributed by atoms with E-state index in [0.29, 0.717) is 4.77 Å². The summed E-state index contributed by atoms with van der Waals surface area (Å²) >= 11 is 10.7. The van der Waals surface area contributed by atoms with Gasteiger partial charge in [0.1, 0.15) is 5.82 Å². The van der Waals surface area contributed by atoms with Gasteiger partial charge in [-0.3, -0.25) is 5.10 Å². The summed E-state index contributed by atoms with van der Waals surface area (Å²) in [7, 11) is 1.98. The number of nitrogens with zero attached hydrogens (tertiary/aromatic N) is 2. The zero-order valence-corrected chi connectivity index (χ0v) is 13.0. The van der Waals surface area contributed by atoms with E-state index in [1.165, 1.54) is 5.56 Å². The quantitative estimate of drug-likeness (QED) is 0.851. The van der Waals surface area contributed by atoms with Crippen LogP contribution in [0.1, 0.15) is 11.4 Å². The smallest absolute Gasteiger partial charge is 0.194 e. The van der Waals surface area contributed by atoms with Gasteiger partial charge in [0, 0.05) is 23.0 Å². The Balaban J connectivity index is 2.16. The van der Waals surface area contributed by atoms with Gasteiger partial charge >= 0.3 is 0 Å². The van der Waals surface area contributed by atoms with Crippen LogP contribution in [-0.2, 0) is 12.5 Å². The van der Waals surface area contributed by atoms with Crippen LogP contribution in [0.3, 0.4) is 0 Å². The summed E-state index contributed by atoms with van der Waals surface area (Å²) < 4.78 is 3.76. The van der Waals surface area contributed by atoms with E-state index < -0.39 is 0 Å². The molecule has 0 saturated carbocycles. The summed E-state index contributed by atoms with van der Waals surface area (Å²) in [5.74, 6) is 3.14. The van der Waals surface area contributed by atoms with Crippen molar-refractivity contribution in [3.05, 3.63) is 44.9 Å². The van der Waals surface area contributed by atoms with Gasteiger partial charge in [-0.15, -0.1) is 0 Å². The van der Waals surface area contributed by atoms with Crippen molar-refractivity contribution in [2.45, 2.75) is 5.41 Å². The predicted molar refractivity (Wildman–Crippen MR) is 80.6 cm³/mol. The Hall–Kier alpha value is -0.590. The molecular formula is C12H12BrN3S2. The van der Waals surface area contributed by atoms with E-state index in [2.05, 4.69) is 44.3 Å². The summed E-state index contributed by atoms with van der Waals surface area (Å²) in [5, 5.41) is 7.32. The number of hydrogen-bond donors (Lipinski definition) is 1. The maximum atomic E-state index is 5.22. The monoisotopic (exact) mass is 341 g/mol. The molecule has 94 valence electrons. The molecule has 1 N–H and O–H groups in total. The molecule has 2 aromatic rings. The summed E-state index contributed by atoms with van der Waals surface area (Å²) in [5.41, 5.74) is 1.30. The lowest BCUT2D eigenvalue weighted by atomic mass is 9.82. The van der Waals surface area contributed by atoms with Gasteiger partial charge in [0.05, 0.1) is 5.41 Å². The van der Waals surface area contributed by atoms with Crippen molar-refractivity contribution in [2.75, 3.05) is 11.5 Å². The standard InChI is InChI=1S/C12H12BrN3S2/c1-16-10(14-15-11(16)17)12(6-18-7-12)8-3-2-4-9(13)5-8/h2-5H,6-7H2,1H3,(H,15,17). The van der Waals surface area contributed by atoms with E-state index >= 15 is 0 Å². The van der Waals surface area contributed by atoms with Gasteiger partial charge in [-0.2, -0.15) is 16.9 Å². The van der Waals surface area contributed by atoms with Crippen molar-refractivity contribution >= 4 is 39.9 Å². The lowest BCUT2D eigenvalue weighted by Crippen LogP contribution is -2.43. The topological polar surface area (TPSA) is 33.6 Å². The highest BCUT2D eigenvalue weighted by molar-refractivity contribution is 9.10. The lowest BCUT2D eigenvalue weighted by molar-refractivity contribution is 0.552. The molecule has 0 unspecified atom stereocenters. The van der Waals surface area contributed by atoms with Crippen molar-refractivity contribution in [3.8, 4) is 0 Å². The molecule has 0 aliphatic carbocycles. The average Bonchev–Trinajstić information content (AvgIpc) is 2.60. The van der Waals surface area contributed by atoms with Crippen LogP contribution in [0.4, 0.5) is 0 Å². The van der Waals surface area contributed by atoms with Crippen molar-refractivity contribution in [3.63, 3.8) is 0 Å². The Morgan fingerprint density at radius 2 is 2.28 bits per heavy atom. The number of benzene rings is 1. The highest BCUT2D eigenvalue weighted by Gasteiger charge is 2.45. The van der Waals surface area contributed by atoms with Crippen molar-refractivity contribution < 1.29 is 0 Å². The summed E-state index contributed by atoms with van der Waals surface area (Å²) in [6.45, 7) is 0. The van der Waals surface area contributed by atoms with E-state index in [0.717, 1.165) is 21.8 Å². The molecule has 3 nitrogen and oxygen atoms in total. The van der Waals surface area contributed by atoms with Crippen molar-refractivity contribution in [1.29, 1.82) is 0 Å². The normalized spacial score (nSPS) is 17.4. The molecule has 6 heteroatoms. The molecule has 0 radical (unpaired) electrons. The lowest BCUT2D eigenvalue weighted by Gasteiger charge is -2.40. The molecular weight excluding hydrogens is 330 g/mol. The number of halogens is 1. The molecule has 18 heavy (non-hydrogen) atoms. The Kier molecular flexibility index (Phi) is 3.11. The fourth-order valence-electron chi connectivity index (χ4n) is 2.29. The third-order valence-electron chi connectivity index (χ3n) is 3.38. The zero-order valence-electron chi connectivity index (χ0n) is 9.81. The molecule has 3 rings (SSSR count). The van der Waals surface area contributed by atoms with Crippen molar-refractivity contribution in [2.24, 2.45) is 7.05 Å². The molecule has 0 atom stereocenters. The SMILES string of the molecule is Cn1c(C2(c3cccc(Br)c3)CSC2)n[nH]c1=S. The van der Waals surface area contributed by atoms with Crippen molar-refractivity contribution in [1.82, 2.24) is 14.8 Å². The first-order valence-corrected chi connectivity index (χ1v) is 7.95. The van der Waals surface area contributed by atoms with Gasteiger partial charge < -0.3 is 4.57 Å². The number of thioether (sulfide) groups is 1. The van der Waals surface area contributed by atoms with Gasteiger partial charge in [0.15, 0.2) is 4.77 Å². The second-order valence-electron chi connectivity index (χ2n) is 4.50. The van der Waals surface area contributed by atoms with Gasteiger partial charge in [-0.25, -0.2) is 0 Å². The molecule has 0 amide bonds. The minimum atomic E-state index is -0.00322. The second kappa shape index (κ2) is 4.51. The average molecular weight is 342 g/mol. The molecule has 0 spiro atoms. The Morgan fingerprint density at radius 1 is 1.50 bits per heavy atom. The van der Waals surface area contributed by atoms with Crippen LogP contribution in [0.2, 0.25) is 0 Å². The summed E-state index contributed by atoms with van der Waals surface area (Å²) in [4.78, 5) is 0. The summed E-state index contributed by atoms with van der Waals surface area (Å²) in [6.07, 6.45) is 0. The molecule has 1 aliphatic heterocycles. The maximum Gasteiger partial charge on any atom is 0.194 e. The Bertz CT molecular complexity index is 643. The fraction of sp³-hybridized carbons (Fsp3) is 0.333. The van der Waals surface area contributed by atoms with Crippen LogP contribution in [0, 0.1) is 4.77 Å². The summed E-state index contributed by atoms with van der Waals surface area (Å²) in [6, 6.07) is 8.47. The molecule has 1 saturated heterocycles. The number of aromatic nitrogens is 3. The molecule has 1 aliphatic rings. The first kappa shape index (κ1) is 12.4. The predicted octanol–water partition coefficient (Wildman–Crippen LogP) is 3.27. The van der Waals surface area contributed by atoms with Gasteiger partial charge in [0.25, 0.3) is 0 Å². The number of aromatic amines is 1. The van der Waals surface area contributed by atoms with Gasteiger partial charge in [-0.1, -0.05) is 28.1 Å². The number of rotatable bonds is 2. The van der Waals surface area contributed by atoms with Crippen LogP contribution in [-0.4, -0.2) is 26.3 Å². The Labute approximate surface area is 123 Å². The Morgan fingerprint density at radius 3 is 2.78 bits per heavy atom. The van der Waals surface area contributed by atoms with Crippen LogP contribution in [0.15, 0.2) is 28.7 Å². The minimum absolute atomic E-state index is 0.00322.